The molecule has 1 aromatic heterocycles. The van der Waals surface area contributed by atoms with Crippen molar-refractivity contribution in [2.45, 2.75) is 45.6 Å². The monoisotopic (exact) mass is 474 g/mol. The van der Waals surface area contributed by atoms with Gasteiger partial charge in [0.25, 0.3) is 5.56 Å². The number of likely N-dealkylation sites (tertiary alicyclic amines) is 2. The Balaban J connectivity index is 1.22. The van der Waals surface area contributed by atoms with Gasteiger partial charge in [-0.15, -0.1) is 0 Å². The number of carbonyl (C=O) groups is 1. The van der Waals surface area contributed by atoms with Crippen molar-refractivity contribution in [3.63, 3.8) is 0 Å². The molecule has 2 aliphatic heterocycles. The molecule has 2 aromatic carbocycles. The number of hydrogen-bond acceptors (Lipinski definition) is 5. The van der Waals surface area contributed by atoms with E-state index >= 15 is 0 Å². The summed E-state index contributed by atoms with van der Waals surface area (Å²) in [6, 6.07) is 13.4. The van der Waals surface area contributed by atoms with Gasteiger partial charge in [-0.05, 0) is 83.2 Å². The van der Waals surface area contributed by atoms with Gasteiger partial charge < -0.3 is 14.5 Å². The molecule has 2 aliphatic rings. The third kappa shape index (κ3) is 4.96. The van der Waals surface area contributed by atoms with E-state index in [0.717, 1.165) is 74.4 Å². The number of amides is 1. The highest BCUT2D eigenvalue weighted by atomic mass is 16.5. The second-order valence-electron chi connectivity index (χ2n) is 10.0. The van der Waals surface area contributed by atoms with Crippen LogP contribution in [0.2, 0.25) is 0 Å². The summed E-state index contributed by atoms with van der Waals surface area (Å²) in [5.74, 6) is 1.93. The lowest BCUT2D eigenvalue weighted by atomic mass is 9.94. The fraction of sp³-hybridized carbons (Fsp3) is 0.464. The molecule has 2 fully saturated rings. The minimum atomic E-state index is -0.0634. The van der Waals surface area contributed by atoms with E-state index in [0.29, 0.717) is 17.1 Å². The summed E-state index contributed by atoms with van der Waals surface area (Å²) in [4.78, 5) is 35.0. The molecule has 0 spiro atoms. The van der Waals surface area contributed by atoms with Crippen LogP contribution in [0.1, 0.15) is 37.1 Å². The maximum absolute atomic E-state index is 13.2. The summed E-state index contributed by atoms with van der Waals surface area (Å²) in [5.41, 5.74) is 2.46. The third-order valence-corrected chi connectivity index (χ3v) is 7.41. The molecule has 0 aliphatic carbocycles. The smallest absolute Gasteiger partial charge is 0.265 e. The van der Waals surface area contributed by atoms with Gasteiger partial charge in [-0.1, -0.05) is 11.6 Å². The normalized spacial score (nSPS) is 18.2. The Morgan fingerprint density at radius 3 is 2.31 bits per heavy atom. The summed E-state index contributed by atoms with van der Waals surface area (Å²) >= 11 is 0. The van der Waals surface area contributed by atoms with Crippen molar-refractivity contribution >= 4 is 16.8 Å². The molecule has 184 valence electrons. The van der Waals surface area contributed by atoms with Crippen molar-refractivity contribution in [1.82, 2.24) is 19.4 Å². The molecule has 0 bridgehead atoms. The van der Waals surface area contributed by atoms with Crippen LogP contribution >= 0.6 is 0 Å². The number of piperidine rings is 2. The zero-order valence-corrected chi connectivity index (χ0v) is 20.9. The van der Waals surface area contributed by atoms with Crippen molar-refractivity contribution in [3.05, 3.63) is 64.2 Å². The van der Waals surface area contributed by atoms with E-state index in [1.165, 1.54) is 0 Å². The quantitative estimate of drug-likeness (QED) is 0.577. The lowest BCUT2D eigenvalue weighted by Gasteiger charge is -2.36. The Hall–Kier alpha value is -3.19. The number of aromatic nitrogens is 2. The molecule has 0 radical (unpaired) electrons. The Kier molecular flexibility index (Phi) is 6.60. The molecule has 0 N–H and O–H groups in total. The number of nitrogens with zero attached hydrogens (tertiary/aromatic N) is 4. The van der Waals surface area contributed by atoms with Gasteiger partial charge in [0, 0.05) is 31.8 Å². The molecule has 7 nitrogen and oxygen atoms in total. The minimum Gasteiger partial charge on any atom is -0.490 e. The van der Waals surface area contributed by atoms with Gasteiger partial charge in [-0.25, -0.2) is 4.98 Å². The Labute approximate surface area is 206 Å². The molecule has 7 heteroatoms. The number of benzene rings is 2. The molecule has 5 rings (SSSR count). The number of carbonyl (C=O) groups excluding carboxylic acids is 1. The van der Waals surface area contributed by atoms with Crippen LogP contribution in [-0.4, -0.2) is 64.6 Å². The average Bonchev–Trinajstić information content (AvgIpc) is 2.86. The Bertz CT molecular complexity index is 1270. The van der Waals surface area contributed by atoms with Crippen molar-refractivity contribution in [2.75, 3.05) is 33.2 Å². The molecule has 35 heavy (non-hydrogen) atoms. The maximum atomic E-state index is 13.2. The molecule has 0 unspecified atom stereocenters. The molecule has 0 saturated carbocycles. The lowest BCUT2D eigenvalue weighted by molar-refractivity contribution is -0.138. The first kappa shape index (κ1) is 23.5. The van der Waals surface area contributed by atoms with Gasteiger partial charge in [0.15, 0.2) is 0 Å². The summed E-state index contributed by atoms with van der Waals surface area (Å²) < 4.78 is 7.88. The van der Waals surface area contributed by atoms with Crippen LogP contribution in [0.4, 0.5) is 0 Å². The zero-order valence-electron chi connectivity index (χ0n) is 20.9. The van der Waals surface area contributed by atoms with E-state index in [1.54, 1.807) is 4.57 Å². The molecule has 2 saturated heterocycles. The van der Waals surface area contributed by atoms with Crippen LogP contribution in [0.3, 0.4) is 0 Å². The second-order valence-corrected chi connectivity index (χ2v) is 10.0. The lowest BCUT2D eigenvalue weighted by Crippen LogP contribution is -2.46. The standard InChI is InChI=1S/C28H34N4O3/c1-19-4-9-26-25(18-19)28(34)32(20(2)29-26)22-5-7-23(8-6-22)35-24-12-16-31(17-13-24)27(33)21-10-14-30(3)15-11-21/h4-9,18,21,24H,10-17H2,1-3H3. The van der Waals surface area contributed by atoms with E-state index in [4.69, 9.17) is 4.74 Å². The van der Waals surface area contributed by atoms with Gasteiger partial charge in [0.05, 0.1) is 16.6 Å². The number of ether oxygens (including phenoxy) is 1. The van der Waals surface area contributed by atoms with Gasteiger partial charge in [0.2, 0.25) is 5.91 Å². The van der Waals surface area contributed by atoms with Crippen LogP contribution in [0, 0.1) is 19.8 Å². The topological polar surface area (TPSA) is 67.7 Å². The largest absolute Gasteiger partial charge is 0.490 e. The number of rotatable bonds is 4. The molecule has 3 aromatic rings. The van der Waals surface area contributed by atoms with E-state index in [-0.39, 0.29) is 17.6 Å². The first-order valence-corrected chi connectivity index (χ1v) is 12.6. The highest BCUT2D eigenvalue weighted by Crippen LogP contribution is 2.24. The average molecular weight is 475 g/mol. The molecule has 3 heterocycles. The summed E-state index contributed by atoms with van der Waals surface area (Å²) in [7, 11) is 2.12. The minimum absolute atomic E-state index is 0.0634. The Morgan fingerprint density at radius 1 is 0.943 bits per heavy atom. The summed E-state index contributed by atoms with van der Waals surface area (Å²) in [6.07, 6.45) is 3.70. The fourth-order valence-electron chi connectivity index (χ4n) is 5.29. The van der Waals surface area contributed by atoms with Crippen LogP contribution in [-0.2, 0) is 4.79 Å². The number of aryl methyl sites for hydroxylation is 2. The van der Waals surface area contributed by atoms with Crippen LogP contribution in [0.5, 0.6) is 5.75 Å². The van der Waals surface area contributed by atoms with Crippen LogP contribution in [0.25, 0.3) is 16.6 Å². The molecule has 0 atom stereocenters. The van der Waals surface area contributed by atoms with Gasteiger partial charge in [-0.3, -0.25) is 14.2 Å². The van der Waals surface area contributed by atoms with E-state index in [2.05, 4.69) is 16.9 Å². The molecule has 1 amide bonds. The first-order chi connectivity index (χ1) is 16.9. The molecular weight excluding hydrogens is 440 g/mol. The van der Waals surface area contributed by atoms with Crippen LogP contribution in [0.15, 0.2) is 47.3 Å². The van der Waals surface area contributed by atoms with Crippen molar-refractivity contribution in [1.29, 1.82) is 0 Å². The summed E-state index contributed by atoms with van der Waals surface area (Å²) in [5, 5.41) is 0.623. The van der Waals surface area contributed by atoms with Gasteiger partial charge in [0.1, 0.15) is 17.7 Å². The predicted molar refractivity (Wildman–Crippen MR) is 137 cm³/mol. The van der Waals surface area contributed by atoms with E-state index in [1.807, 2.05) is 61.2 Å². The third-order valence-electron chi connectivity index (χ3n) is 7.41. The molecular formula is C28H34N4O3. The van der Waals surface area contributed by atoms with Crippen molar-refractivity contribution < 1.29 is 9.53 Å². The van der Waals surface area contributed by atoms with E-state index < -0.39 is 0 Å². The fourth-order valence-corrected chi connectivity index (χ4v) is 5.29. The Morgan fingerprint density at radius 2 is 1.63 bits per heavy atom. The maximum Gasteiger partial charge on any atom is 0.265 e. The number of hydrogen-bond donors (Lipinski definition) is 0. The predicted octanol–water partition coefficient (Wildman–Crippen LogP) is 3.71. The SMILES string of the molecule is Cc1ccc2nc(C)n(-c3ccc(OC4CCN(C(=O)C5CCN(C)CC5)CC4)cc3)c(=O)c2c1. The summed E-state index contributed by atoms with van der Waals surface area (Å²) in [6.45, 7) is 7.35. The highest BCUT2D eigenvalue weighted by molar-refractivity contribution is 5.79. The van der Waals surface area contributed by atoms with Crippen molar-refractivity contribution in [2.24, 2.45) is 5.92 Å². The van der Waals surface area contributed by atoms with Crippen molar-refractivity contribution in [3.8, 4) is 11.4 Å². The number of fused-ring (bicyclic) bond motifs is 1. The van der Waals surface area contributed by atoms with E-state index in [9.17, 15) is 9.59 Å². The second kappa shape index (κ2) is 9.82. The van der Waals surface area contributed by atoms with Gasteiger partial charge in [-0.2, -0.15) is 0 Å². The first-order valence-electron chi connectivity index (χ1n) is 12.6. The zero-order chi connectivity index (χ0) is 24.5. The highest BCUT2D eigenvalue weighted by Gasteiger charge is 2.30. The van der Waals surface area contributed by atoms with Crippen LogP contribution < -0.4 is 10.3 Å². The van der Waals surface area contributed by atoms with Gasteiger partial charge >= 0.3 is 0 Å².